The summed E-state index contributed by atoms with van der Waals surface area (Å²) in [5.74, 6) is 0.690. The Bertz CT molecular complexity index is 505. The standard InChI is InChI=1S/C14H18N4O/c1-6-15-7-2-12(1)11-19-14-5-10-18(17-14)13-3-8-16-9-4-13/h1-2,5-7,10,13,16H,3-4,8-9,11H2. The molecule has 0 unspecified atom stereocenters. The van der Waals surface area contributed by atoms with Gasteiger partial charge < -0.3 is 10.1 Å². The summed E-state index contributed by atoms with van der Waals surface area (Å²) in [5, 5.41) is 7.86. The van der Waals surface area contributed by atoms with Gasteiger partial charge in [-0.1, -0.05) is 0 Å². The van der Waals surface area contributed by atoms with Crippen molar-refractivity contribution >= 4 is 0 Å². The molecule has 2 aromatic heterocycles. The van der Waals surface area contributed by atoms with Crippen LogP contribution in [0.5, 0.6) is 5.88 Å². The highest BCUT2D eigenvalue weighted by atomic mass is 16.5. The first-order valence-electron chi connectivity index (χ1n) is 6.69. The van der Waals surface area contributed by atoms with E-state index < -0.39 is 0 Å². The van der Waals surface area contributed by atoms with Gasteiger partial charge in [0.15, 0.2) is 0 Å². The second-order valence-electron chi connectivity index (χ2n) is 4.76. The van der Waals surface area contributed by atoms with E-state index in [1.54, 1.807) is 12.4 Å². The maximum Gasteiger partial charge on any atom is 0.233 e. The van der Waals surface area contributed by atoms with E-state index in [0.29, 0.717) is 18.5 Å². The zero-order chi connectivity index (χ0) is 12.9. The lowest BCUT2D eigenvalue weighted by Gasteiger charge is -2.22. The Morgan fingerprint density at radius 1 is 1.21 bits per heavy atom. The molecule has 100 valence electrons. The number of hydrogen-bond acceptors (Lipinski definition) is 4. The molecular formula is C14H18N4O. The van der Waals surface area contributed by atoms with E-state index in [-0.39, 0.29) is 0 Å². The van der Waals surface area contributed by atoms with Gasteiger partial charge in [0, 0.05) is 24.7 Å². The normalized spacial score (nSPS) is 16.4. The van der Waals surface area contributed by atoms with Crippen LogP contribution in [0, 0.1) is 0 Å². The summed E-state index contributed by atoms with van der Waals surface area (Å²) in [6.07, 6.45) is 7.81. The largest absolute Gasteiger partial charge is 0.472 e. The van der Waals surface area contributed by atoms with Crippen molar-refractivity contribution in [3.63, 3.8) is 0 Å². The van der Waals surface area contributed by atoms with Gasteiger partial charge in [-0.05, 0) is 43.6 Å². The van der Waals surface area contributed by atoms with E-state index in [1.165, 1.54) is 0 Å². The van der Waals surface area contributed by atoms with Crippen LogP contribution in [-0.4, -0.2) is 27.9 Å². The number of aromatic nitrogens is 3. The van der Waals surface area contributed by atoms with Crippen LogP contribution in [0.25, 0.3) is 0 Å². The summed E-state index contributed by atoms with van der Waals surface area (Å²) >= 11 is 0. The maximum absolute atomic E-state index is 5.69. The summed E-state index contributed by atoms with van der Waals surface area (Å²) in [6.45, 7) is 2.67. The van der Waals surface area contributed by atoms with Crippen molar-refractivity contribution in [2.75, 3.05) is 13.1 Å². The van der Waals surface area contributed by atoms with Crippen LogP contribution < -0.4 is 10.1 Å². The van der Waals surface area contributed by atoms with Gasteiger partial charge in [0.1, 0.15) is 6.61 Å². The molecule has 5 nitrogen and oxygen atoms in total. The van der Waals surface area contributed by atoms with Crippen LogP contribution in [0.2, 0.25) is 0 Å². The molecule has 0 atom stereocenters. The first kappa shape index (κ1) is 12.2. The van der Waals surface area contributed by atoms with Crippen LogP contribution in [0.3, 0.4) is 0 Å². The van der Waals surface area contributed by atoms with Gasteiger partial charge in [0.25, 0.3) is 0 Å². The van der Waals surface area contributed by atoms with Crippen LogP contribution in [-0.2, 0) is 6.61 Å². The zero-order valence-corrected chi connectivity index (χ0v) is 10.8. The average Bonchev–Trinajstić information content (AvgIpc) is 2.96. The second kappa shape index (κ2) is 5.84. The molecule has 19 heavy (non-hydrogen) atoms. The molecule has 3 heterocycles. The summed E-state index contributed by atoms with van der Waals surface area (Å²) in [6, 6.07) is 6.33. The average molecular weight is 258 g/mol. The Labute approximate surface area is 112 Å². The lowest BCUT2D eigenvalue weighted by atomic mass is 10.1. The van der Waals surface area contributed by atoms with Gasteiger partial charge in [0.05, 0.1) is 6.04 Å². The minimum atomic E-state index is 0.500. The zero-order valence-electron chi connectivity index (χ0n) is 10.8. The first-order valence-corrected chi connectivity index (χ1v) is 6.69. The Balaban J connectivity index is 1.58. The Morgan fingerprint density at radius 2 is 2.00 bits per heavy atom. The van der Waals surface area contributed by atoms with Gasteiger partial charge in [-0.2, -0.15) is 0 Å². The van der Waals surface area contributed by atoms with Gasteiger partial charge in [-0.15, -0.1) is 5.10 Å². The van der Waals surface area contributed by atoms with Crippen molar-refractivity contribution < 1.29 is 4.74 Å². The highest BCUT2D eigenvalue weighted by molar-refractivity contribution is 5.11. The molecule has 0 saturated carbocycles. The number of piperidine rings is 1. The molecule has 0 aliphatic carbocycles. The fourth-order valence-electron chi connectivity index (χ4n) is 2.31. The van der Waals surface area contributed by atoms with Crippen molar-refractivity contribution in [2.24, 2.45) is 0 Å². The molecule has 0 bridgehead atoms. The topological polar surface area (TPSA) is 52.0 Å². The van der Waals surface area contributed by atoms with Crippen molar-refractivity contribution in [1.29, 1.82) is 0 Å². The molecule has 1 N–H and O–H groups in total. The molecule has 2 aromatic rings. The number of rotatable bonds is 4. The summed E-state index contributed by atoms with van der Waals surface area (Å²) in [7, 11) is 0. The van der Waals surface area contributed by atoms with Crippen LogP contribution >= 0.6 is 0 Å². The fourth-order valence-corrected chi connectivity index (χ4v) is 2.31. The van der Waals surface area contributed by atoms with E-state index >= 15 is 0 Å². The Hall–Kier alpha value is -1.88. The Morgan fingerprint density at radius 3 is 2.79 bits per heavy atom. The maximum atomic E-state index is 5.69. The number of nitrogens with one attached hydrogen (secondary N) is 1. The molecule has 0 radical (unpaired) electrons. The highest BCUT2D eigenvalue weighted by Crippen LogP contribution is 2.19. The van der Waals surface area contributed by atoms with E-state index in [2.05, 4.69) is 15.4 Å². The van der Waals surface area contributed by atoms with Crippen molar-refractivity contribution in [2.45, 2.75) is 25.5 Å². The predicted octanol–water partition coefficient (Wildman–Crippen LogP) is 1.78. The number of pyridine rings is 1. The predicted molar refractivity (Wildman–Crippen MR) is 71.9 cm³/mol. The molecule has 5 heteroatoms. The van der Waals surface area contributed by atoms with Gasteiger partial charge >= 0.3 is 0 Å². The quantitative estimate of drug-likeness (QED) is 0.908. The minimum Gasteiger partial charge on any atom is -0.472 e. The monoisotopic (exact) mass is 258 g/mol. The van der Waals surface area contributed by atoms with Gasteiger partial charge in [-0.25, -0.2) is 0 Å². The second-order valence-corrected chi connectivity index (χ2v) is 4.76. The van der Waals surface area contributed by atoms with Crippen molar-refractivity contribution in [3.8, 4) is 5.88 Å². The molecular weight excluding hydrogens is 240 g/mol. The van der Waals surface area contributed by atoms with Crippen LogP contribution in [0.1, 0.15) is 24.4 Å². The summed E-state index contributed by atoms with van der Waals surface area (Å²) in [5.41, 5.74) is 1.10. The summed E-state index contributed by atoms with van der Waals surface area (Å²) in [4.78, 5) is 3.98. The van der Waals surface area contributed by atoms with E-state index in [4.69, 9.17) is 4.74 Å². The summed E-state index contributed by atoms with van der Waals surface area (Å²) < 4.78 is 7.72. The number of nitrogens with zero attached hydrogens (tertiary/aromatic N) is 3. The lowest BCUT2D eigenvalue weighted by Crippen LogP contribution is -2.29. The molecule has 1 saturated heterocycles. The number of hydrogen-bond donors (Lipinski definition) is 1. The van der Waals surface area contributed by atoms with Crippen LogP contribution in [0.15, 0.2) is 36.8 Å². The smallest absolute Gasteiger partial charge is 0.233 e. The van der Waals surface area contributed by atoms with Crippen molar-refractivity contribution in [3.05, 3.63) is 42.4 Å². The molecule has 0 spiro atoms. The molecule has 0 amide bonds. The third kappa shape index (κ3) is 3.12. The van der Waals surface area contributed by atoms with E-state index in [0.717, 1.165) is 31.5 Å². The molecule has 1 aliphatic rings. The van der Waals surface area contributed by atoms with Crippen molar-refractivity contribution in [1.82, 2.24) is 20.1 Å². The molecule has 3 rings (SSSR count). The SMILES string of the molecule is c1cc(COc2ccn(C3CCNCC3)n2)ccn1. The fraction of sp³-hybridized carbons (Fsp3) is 0.429. The van der Waals surface area contributed by atoms with Crippen LogP contribution in [0.4, 0.5) is 0 Å². The molecule has 1 aliphatic heterocycles. The molecule has 0 aromatic carbocycles. The number of ether oxygens (including phenoxy) is 1. The third-order valence-corrected chi connectivity index (χ3v) is 3.40. The van der Waals surface area contributed by atoms with Gasteiger partial charge in [0.2, 0.25) is 5.88 Å². The van der Waals surface area contributed by atoms with E-state index in [9.17, 15) is 0 Å². The third-order valence-electron chi connectivity index (χ3n) is 3.40. The molecule has 1 fully saturated rings. The highest BCUT2D eigenvalue weighted by Gasteiger charge is 2.15. The minimum absolute atomic E-state index is 0.500. The Kier molecular flexibility index (Phi) is 3.74. The van der Waals surface area contributed by atoms with Gasteiger partial charge in [-0.3, -0.25) is 9.67 Å². The first-order chi connectivity index (χ1) is 9.42. The lowest BCUT2D eigenvalue weighted by molar-refractivity contribution is 0.278. The van der Waals surface area contributed by atoms with E-state index in [1.807, 2.05) is 29.1 Å².